The van der Waals surface area contributed by atoms with Gasteiger partial charge >= 0.3 is 5.97 Å². The van der Waals surface area contributed by atoms with E-state index < -0.39 is 5.97 Å². The zero-order valence-electron chi connectivity index (χ0n) is 19.5. The predicted molar refractivity (Wildman–Crippen MR) is 129 cm³/mol. The van der Waals surface area contributed by atoms with Crippen molar-refractivity contribution < 1.29 is 9.90 Å². The lowest BCUT2D eigenvalue weighted by molar-refractivity contribution is 0.0684. The maximum absolute atomic E-state index is 11.8. The van der Waals surface area contributed by atoms with Crippen molar-refractivity contribution in [2.24, 2.45) is 11.8 Å². The molecule has 2 aliphatic carbocycles. The summed E-state index contributed by atoms with van der Waals surface area (Å²) >= 11 is 0. The summed E-state index contributed by atoms with van der Waals surface area (Å²) in [5.41, 5.74) is 3.47. The summed E-state index contributed by atoms with van der Waals surface area (Å²) in [6.07, 6.45) is 9.91. The van der Waals surface area contributed by atoms with E-state index in [0.29, 0.717) is 23.3 Å². The van der Waals surface area contributed by atoms with Crippen molar-refractivity contribution in [3.63, 3.8) is 0 Å². The third-order valence-corrected chi connectivity index (χ3v) is 7.46. The van der Waals surface area contributed by atoms with Gasteiger partial charge in [0.1, 0.15) is 11.3 Å². The monoisotopic (exact) mass is 447 g/mol. The Balaban J connectivity index is 1.66. The summed E-state index contributed by atoms with van der Waals surface area (Å²) < 4.78 is 2.25. The van der Waals surface area contributed by atoms with Gasteiger partial charge in [-0.05, 0) is 57.4 Å². The van der Waals surface area contributed by atoms with E-state index in [1.165, 1.54) is 51.4 Å². The molecule has 1 aromatic carbocycles. The smallest absolute Gasteiger partial charge is 0.374 e. The third kappa shape index (κ3) is 4.45. The molecule has 2 heterocycles. The van der Waals surface area contributed by atoms with Crippen molar-refractivity contribution in [1.82, 2.24) is 19.5 Å². The van der Waals surface area contributed by atoms with E-state index in [1.54, 1.807) is 0 Å². The molecule has 2 aliphatic rings. The molecule has 2 fully saturated rings. The van der Waals surface area contributed by atoms with Crippen LogP contribution in [0.5, 0.6) is 0 Å². The molecule has 0 amide bonds. The van der Waals surface area contributed by atoms with Crippen molar-refractivity contribution in [3.8, 4) is 11.4 Å². The summed E-state index contributed by atoms with van der Waals surface area (Å²) in [7, 11) is 0. The number of aryl methyl sites for hydroxylation is 1. The van der Waals surface area contributed by atoms with E-state index in [4.69, 9.17) is 4.98 Å². The lowest BCUT2D eigenvalue weighted by Gasteiger charge is -2.32. The summed E-state index contributed by atoms with van der Waals surface area (Å²) in [5, 5.41) is 13.2. The molecule has 0 radical (unpaired) electrons. The molecular weight excluding hydrogens is 414 g/mol. The number of carbonyl (C=O) groups is 1. The fourth-order valence-electron chi connectivity index (χ4n) is 5.32. The Hall–Kier alpha value is -2.96. The first kappa shape index (κ1) is 21.9. The highest BCUT2D eigenvalue weighted by Crippen LogP contribution is 2.35. The number of carboxylic acids is 1. The van der Waals surface area contributed by atoms with Gasteiger partial charge in [0.25, 0.3) is 0 Å². The first-order valence-electron chi connectivity index (χ1n) is 12.3. The number of benzene rings is 1. The van der Waals surface area contributed by atoms with Crippen LogP contribution in [-0.4, -0.2) is 36.6 Å². The number of carboxylic acid groups (broad SMARTS) is 1. The Labute approximate surface area is 194 Å². The molecule has 33 heavy (non-hydrogen) atoms. The number of imidazole rings is 1. The van der Waals surface area contributed by atoms with E-state index in [1.807, 2.05) is 6.07 Å². The van der Waals surface area contributed by atoms with Crippen LogP contribution in [0.15, 0.2) is 24.3 Å². The molecule has 2 saturated carbocycles. The maximum Gasteiger partial charge on any atom is 0.374 e. The van der Waals surface area contributed by atoms with Crippen LogP contribution in [0.25, 0.3) is 22.6 Å². The molecule has 174 valence electrons. The number of nitrogens with one attached hydrogen (secondary N) is 1. The van der Waals surface area contributed by atoms with Gasteiger partial charge in [-0.3, -0.25) is 0 Å². The van der Waals surface area contributed by atoms with Gasteiger partial charge in [0.05, 0.1) is 0 Å². The molecule has 2 aromatic heterocycles. The average Bonchev–Trinajstić information content (AvgIpc) is 3.11. The van der Waals surface area contributed by atoms with Crippen molar-refractivity contribution in [2.75, 3.05) is 5.32 Å². The largest absolute Gasteiger partial charge is 0.475 e. The van der Waals surface area contributed by atoms with Crippen molar-refractivity contribution in [2.45, 2.75) is 77.8 Å². The molecule has 7 nitrogen and oxygen atoms in total. The highest BCUT2D eigenvalue weighted by atomic mass is 16.4. The molecule has 0 aliphatic heterocycles. The summed E-state index contributed by atoms with van der Waals surface area (Å²) in [5.74, 6) is 1.28. The SMILES string of the molecule is Cc1cccc(-c2nc3nc(C(=O)O)nc(N[C@H](C)C4CCC4)c3n2CC2CCCCC2)c1. The van der Waals surface area contributed by atoms with Crippen LogP contribution in [0.4, 0.5) is 5.82 Å². The van der Waals surface area contributed by atoms with Crippen molar-refractivity contribution >= 4 is 23.0 Å². The van der Waals surface area contributed by atoms with Gasteiger partial charge in [0, 0.05) is 18.2 Å². The Kier molecular flexibility index (Phi) is 6.04. The van der Waals surface area contributed by atoms with Gasteiger partial charge in [-0.2, -0.15) is 0 Å². The first-order valence-corrected chi connectivity index (χ1v) is 12.3. The second-order valence-corrected chi connectivity index (χ2v) is 9.92. The number of rotatable bonds is 7. The Morgan fingerprint density at radius 3 is 2.58 bits per heavy atom. The predicted octanol–water partition coefficient (Wildman–Crippen LogP) is 5.68. The highest BCUT2D eigenvalue weighted by molar-refractivity contribution is 5.92. The van der Waals surface area contributed by atoms with Crippen LogP contribution in [-0.2, 0) is 6.54 Å². The van der Waals surface area contributed by atoms with E-state index in [0.717, 1.165) is 29.0 Å². The number of aromatic carboxylic acids is 1. The summed E-state index contributed by atoms with van der Waals surface area (Å²) in [6, 6.07) is 8.54. The lowest BCUT2D eigenvalue weighted by atomic mass is 9.80. The van der Waals surface area contributed by atoms with Crippen LogP contribution in [0.2, 0.25) is 0 Å². The molecule has 0 saturated heterocycles. The van der Waals surface area contributed by atoms with E-state index in [2.05, 4.69) is 51.9 Å². The van der Waals surface area contributed by atoms with Gasteiger partial charge in [0.2, 0.25) is 5.82 Å². The van der Waals surface area contributed by atoms with Crippen LogP contribution in [0, 0.1) is 18.8 Å². The number of fused-ring (bicyclic) bond motifs is 1. The zero-order valence-corrected chi connectivity index (χ0v) is 19.5. The van der Waals surface area contributed by atoms with Crippen LogP contribution in [0.1, 0.15) is 74.5 Å². The van der Waals surface area contributed by atoms with Crippen molar-refractivity contribution in [3.05, 3.63) is 35.7 Å². The molecule has 1 atom stereocenters. The minimum Gasteiger partial charge on any atom is -0.475 e. The van der Waals surface area contributed by atoms with Gasteiger partial charge in [-0.15, -0.1) is 0 Å². The Morgan fingerprint density at radius 2 is 1.91 bits per heavy atom. The molecule has 0 unspecified atom stereocenters. The van der Waals surface area contributed by atoms with Gasteiger partial charge in [-0.1, -0.05) is 49.4 Å². The number of aromatic nitrogens is 4. The standard InChI is InChI=1S/C26H33N5O2/c1-16-8-6-13-20(14-16)25-30-23-21(31(25)15-18-9-4-3-5-10-18)22(28-24(29-23)26(32)33)27-17(2)19-11-7-12-19/h6,8,13-14,17-19H,3-5,7,9-12,15H2,1-2H3,(H,32,33)(H,27,28,29)/t17-/m1/s1. The normalized spacial score (nSPS) is 18.2. The summed E-state index contributed by atoms with van der Waals surface area (Å²) in [6.45, 7) is 5.09. The molecule has 7 heteroatoms. The Bertz CT molecular complexity index is 1160. The van der Waals surface area contributed by atoms with E-state index in [9.17, 15) is 9.90 Å². The molecule has 3 aromatic rings. The van der Waals surface area contributed by atoms with Crippen LogP contribution >= 0.6 is 0 Å². The maximum atomic E-state index is 11.8. The van der Waals surface area contributed by atoms with Crippen LogP contribution in [0.3, 0.4) is 0 Å². The van der Waals surface area contributed by atoms with Crippen LogP contribution < -0.4 is 5.32 Å². The lowest BCUT2D eigenvalue weighted by Crippen LogP contribution is -2.31. The third-order valence-electron chi connectivity index (χ3n) is 7.46. The minimum absolute atomic E-state index is 0.205. The van der Waals surface area contributed by atoms with Crippen molar-refractivity contribution in [1.29, 1.82) is 0 Å². The second kappa shape index (κ2) is 9.12. The Morgan fingerprint density at radius 1 is 1.12 bits per heavy atom. The minimum atomic E-state index is -1.13. The van der Waals surface area contributed by atoms with E-state index in [-0.39, 0.29) is 11.9 Å². The van der Waals surface area contributed by atoms with E-state index >= 15 is 0 Å². The van der Waals surface area contributed by atoms with Gasteiger partial charge in [-0.25, -0.2) is 19.7 Å². The fourth-order valence-corrected chi connectivity index (χ4v) is 5.32. The molecule has 0 bridgehead atoms. The highest BCUT2D eigenvalue weighted by Gasteiger charge is 2.28. The number of anilines is 1. The number of hydrogen-bond donors (Lipinski definition) is 2. The molecule has 5 rings (SSSR count). The molecule has 0 spiro atoms. The van der Waals surface area contributed by atoms with Gasteiger partial charge < -0.3 is 15.0 Å². The first-order chi connectivity index (χ1) is 16.0. The number of hydrogen-bond acceptors (Lipinski definition) is 5. The second-order valence-electron chi connectivity index (χ2n) is 9.92. The van der Waals surface area contributed by atoms with Gasteiger partial charge in [0.15, 0.2) is 11.5 Å². The molecular formula is C26H33N5O2. The molecule has 2 N–H and O–H groups in total. The fraction of sp³-hybridized carbons (Fsp3) is 0.538. The summed E-state index contributed by atoms with van der Waals surface area (Å²) in [4.78, 5) is 25.5. The average molecular weight is 448 g/mol. The topological polar surface area (TPSA) is 92.9 Å². The zero-order chi connectivity index (χ0) is 22.9. The number of nitrogens with zero attached hydrogens (tertiary/aromatic N) is 4. The quantitative estimate of drug-likeness (QED) is 0.484.